The molecule has 2 N–H and O–H groups in total. The molecular weight excluding hydrogens is 174 g/mol. The van der Waals surface area contributed by atoms with Crippen LogP contribution in [0.5, 0.6) is 0 Å². The molecule has 2 nitrogen and oxygen atoms in total. The molecule has 0 radical (unpaired) electrons. The largest absolute Gasteiger partial charge is 0.326 e. The zero-order chi connectivity index (χ0) is 8.97. The Hall–Kier alpha value is -0.860. The molecular formula is C9H10ClNO. The lowest BCUT2D eigenvalue weighted by Crippen LogP contribution is -1.97. The van der Waals surface area contributed by atoms with Gasteiger partial charge in [-0.2, -0.15) is 0 Å². The fourth-order valence-corrected chi connectivity index (χ4v) is 1.11. The number of hydrogen-bond acceptors (Lipinski definition) is 2. The third kappa shape index (κ3) is 2.64. The molecule has 1 aromatic carbocycles. The Morgan fingerprint density at radius 1 is 1.25 bits per heavy atom. The fourth-order valence-electron chi connectivity index (χ4n) is 0.954. The molecule has 0 aliphatic rings. The Morgan fingerprint density at radius 3 is 2.17 bits per heavy atom. The molecule has 0 aromatic heterocycles. The van der Waals surface area contributed by atoms with E-state index in [0.29, 0.717) is 6.54 Å². The Bertz CT molecular complexity index is 268. The van der Waals surface area contributed by atoms with E-state index in [-0.39, 0.29) is 11.7 Å². The molecule has 0 saturated carbocycles. The maximum absolute atomic E-state index is 10.5. The lowest BCUT2D eigenvalue weighted by Gasteiger charge is -1.98. The average Bonchev–Trinajstić information content (AvgIpc) is 2.05. The van der Waals surface area contributed by atoms with Gasteiger partial charge in [0.25, 0.3) is 0 Å². The number of hydrogen-bond donors (Lipinski definition) is 1. The van der Waals surface area contributed by atoms with Gasteiger partial charge in [-0.1, -0.05) is 24.3 Å². The summed E-state index contributed by atoms with van der Waals surface area (Å²) in [6, 6.07) is 7.52. The molecule has 0 aliphatic carbocycles. The third-order valence-corrected chi connectivity index (χ3v) is 1.74. The fraction of sp³-hybridized carbons (Fsp3) is 0.222. The van der Waals surface area contributed by atoms with Crippen LogP contribution in [-0.4, -0.2) is 5.24 Å². The quantitative estimate of drug-likeness (QED) is 0.721. The van der Waals surface area contributed by atoms with Crippen molar-refractivity contribution >= 4 is 16.8 Å². The van der Waals surface area contributed by atoms with Gasteiger partial charge in [0.2, 0.25) is 5.24 Å². The summed E-state index contributed by atoms with van der Waals surface area (Å²) in [4.78, 5) is 10.5. The molecule has 0 aliphatic heterocycles. The van der Waals surface area contributed by atoms with E-state index in [9.17, 15) is 4.79 Å². The Balaban J connectivity index is 2.71. The number of carbonyl (C=O) groups is 1. The molecule has 0 unspecified atom stereocenters. The first-order valence-corrected chi connectivity index (χ1v) is 4.06. The number of nitrogens with two attached hydrogens (primary N) is 1. The number of benzene rings is 1. The summed E-state index contributed by atoms with van der Waals surface area (Å²) in [6.07, 6.45) is 0.284. The molecule has 3 heteroatoms. The Labute approximate surface area is 76.3 Å². The lowest BCUT2D eigenvalue weighted by molar-refractivity contribution is -0.111. The maximum atomic E-state index is 10.5. The van der Waals surface area contributed by atoms with Crippen LogP contribution in [0.2, 0.25) is 0 Å². The van der Waals surface area contributed by atoms with Gasteiger partial charge < -0.3 is 5.73 Å². The highest BCUT2D eigenvalue weighted by molar-refractivity contribution is 6.63. The molecule has 0 atom stereocenters. The van der Waals surface area contributed by atoms with E-state index in [1.54, 1.807) is 0 Å². The van der Waals surface area contributed by atoms with E-state index in [1.165, 1.54) is 0 Å². The zero-order valence-corrected chi connectivity index (χ0v) is 7.34. The first kappa shape index (κ1) is 9.23. The summed E-state index contributed by atoms with van der Waals surface area (Å²) in [5, 5.41) is -0.338. The van der Waals surface area contributed by atoms with E-state index in [1.807, 2.05) is 24.3 Å². The van der Waals surface area contributed by atoms with Gasteiger partial charge in [0.15, 0.2) is 0 Å². The summed E-state index contributed by atoms with van der Waals surface area (Å²) in [7, 11) is 0. The second-order valence-electron chi connectivity index (χ2n) is 2.55. The van der Waals surface area contributed by atoms with Crippen LogP contribution in [0.1, 0.15) is 11.1 Å². The van der Waals surface area contributed by atoms with Crippen molar-refractivity contribution in [3.8, 4) is 0 Å². The lowest BCUT2D eigenvalue weighted by atomic mass is 10.1. The molecule has 1 aromatic rings. The van der Waals surface area contributed by atoms with Gasteiger partial charge in [0.1, 0.15) is 0 Å². The van der Waals surface area contributed by atoms with Gasteiger partial charge in [-0.05, 0) is 22.7 Å². The van der Waals surface area contributed by atoms with Crippen molar-refractivity contribution in [1.29, 1.82) is 0 Å². The number of halogens is 1. The second kappa shape index (κ2) is 4.24. The van der Waals surface area contributed by atoms with Crippen molar-refractivity contribution < 1.29 is 4.79 Å². The van der Waals surface area contributed by atoms with E-state index >= 15 is 0 Å². The second-order valence-corrected chi connectivity index (χ2v) is 2.97. The Morgan fingerprint density at radius 2 is 1.75 bits per heavy atom. The van der Waals surface area contributed by atoms with Crippen molar-refractivity contribution in [1.82, 2.24) is 0 Å². The Kier molecular flexibility index (Phi) is 3.26. The van der Waals surface area contributed by atoms with Gasteiger partial charge in [-0.3, -0.25) is 4.79 Å². The van der Waals surface area contributed by atoms with Crippen LogP contribution in [0, 0.1) is 0 Å². The topological polar surface area (TPSA) is 43.1 Å². The van der Waals surface area contributed by atoms with E-state index in [2.05, 4.69) is 0 Å². The highest BCUT2D eigenvalue weighted by atomic mass is 35.5. The molecule has 0 amide bonds. The van der Waals surface area contributed by atoms with Crippen molar-refractivity contribution in [3.63, 3.8) is 0 Å². The first-order chi connectivity index (χ1) is 5.72. The summed E-state index contributed by atoms with van der Waals surface area (Å²) in [5.74, 6) is 0. The van der Waals surface area contributed by atoms with Gasteiger partial charge in [0, 0.05) is 13.0 Å². The summed E-state index contributed by atoms with van der Waals surface area (Å²) >= 11 is 5.22. The average molecular weight is 184 g/mol. The summed E-state index contributed by atoms with van der Waals surface area (Å²) < 4.78 is 0. The van der Waals surface area contributed by atoms with Crippen molar-refractivity contribution in [2.24, 2.45) is 5.73 Å². The molecule has 1 rings (SSSR count). The van der Waals surface area contributed by atoms with E-state index in [0.717, 1.165) is 11.1 Å². The predicted octanol–water partition coefficient (Wildman–Crippen LogP) is 1.45. The van der Waals surface area contributed by atoms with Gasteiger partial charge in [-0.15, -0.1) is 0 Å². The van der Waals surface area contributed by atoms with Gasteiger partial charge >= 0.3 is 0 Å². The van der Waals surface area contributed by atoms with Crippen LogP contribution >= 0.6 is 11.6 Å². The molecule has 0 saturated heterocycles. The molecule has 64 valence electrons. The van der Waals surface area contributed by atoms with Crippen molar-refractivity contribution in [2.45, 2.75) is 13.0 Å². The van der Waals surface area contributed by atoms with Crippen LogP contribution in [0.3, 0.4) is 0 Å². The van der Waals surface area contributed by atoms with Crippen LogP contribution in [-0.2, 0) is 17.8 Å². The summed E-state index contributed by atoms with van der Waals surface area (Å²) in [5.41, 5.74) is 7.39. The minimum Gasteiger partial charge on any atom is -0.326 e. The van der Waals surface area contributed by atoms with Crippen LogP contribution in [0.4, 0.5) is 0 Å². The number of carbonyl (C=O) groups excluding carboxylic acids is 1. The highest BCUT2D eigenvalue weighted by Crippen LogP contribution is 2.05. The SMILES string of the molecule is NCc1ccc(CC(=O)Cl)cc1. The van der Waals surface area contributed by atoms with Gasteiger partial charge in [-0.25, -0.2) is 0 Å². The van der Waals surface area contributed by atoms with Crippen LogP contribution < -0.4 is 5.73 Å². The van der Waals surface area contributed by atoms with Crippen LogP contribution in [0.25, 0.3) is 0 Å². The normalized spacial score (nSPS) is 9.83. The van der Waals surface area contributed by atoms with Gasteiger partial charge in [0.05, 0.1) is 0 Å². The number of rotatable bonds is 3. The smallest absolute Gasteiger partial charge is 0.226 e. The summed E-state index contributed by atoms with van der Waals surface area (Å²) in [6.45, 7) is 0.523. The molecule has 0 heterocycles. The molecule has 0 spiro atoms. The van der Waals surface area contributed by atoms with E-state index in [4.69, 9.17) is 17.3 Å². The van der Waals surface area contributed by atoms with E-state index < -0.39 is 0 Å². The highest BCUT2D eigenvalue weighted by Gasteiger charge is 1.98. The molecule has 0 fully saturated rings. The molecule has 12 heavy (non-hydrogen) atoms. The third-order valence-electron chi connectivity index (χ3n) is 1.60. The van der Waals surface area contributed by atoms with Crippen molar-refractivity contribution in [2.75, 3.05) is 0 Å². The first-order valence-electron chi connectivity index (χ1n) is 3.68. The minimum absolute atomic E-state index is 0.284. The molecule has 0 bridgehead atoms. The minimum atomic E-state index is -0.338. The predicted molar refractivity (Wildman–Crippen MR) is 48.9 cm³/mol. The standard InChI is InChI=1S/C9H10ClNO/c10-9(12)5-7-1-3-8(6-11)4-2-7/h1-4H,5-6,11H2. The maximum Gasteiger partial charge on any atom is 0.226 e. The zero-order valence-electron chi connectivity index (χ0n) is 6.59. The monoisotopic (exact) mass is 183 g/mol. The van der Waals surface area contributed by atoms with Crippen LogP contribution in [0.15, 0.2) is 24.3 Å². The van der Waals surface area contributed by atoms with Crippen molar-refractivity contribution in [3.05, 3.63) is 35.4 Å².